The lowest BCUT2D eigenvalue weighted by Crippen LogP contribution is -2.27. The molecule has 33 heavy (non-hydrogen) atoms. The number of amides is 2. The zero-order chi connectivity index (χ0) is 23.9. The summed E-state index contributed by atoms with van der Waals surface area (Å²) in [5.41, 5.74) is 6.98. The number of allylic oxidation sites excluding steroid dienone is 2. The summed E-state index contributed by atoms with van der Waals surface area (Å²) in [6, 6.07) is 14.8. The van der Waals surface area contributed by atoms with Crippen molar-refractivity contribution in [3.8, 4) is 11.5 Å². The lowest BCUT2D eigenvalue weighted by atomic mass is 10.1. The van der Waals surface area contributed by atoms with Crippen LogP contribution in [0.15, 0.2) is 84.0 Å². The highest BCUT2D eigenvalue weighted by atomic mass is 16.5. The predicted molar refractivity (Wildman–Crippen MR) is 130 cm³/mol. The lowest BCUT2D eigenvalue weighted by Gasteiger charge is -2.09. The fraction of sp³-hybridized carbons (Fsp3) is 0.200. The molecule has 0 spiro atoms. The third-order valence-electron chi connectivity index (χ3n) is 4.19. The number of hydrogen-bond acceptors (Lipinski definition) is 6. The lowest BCUT2D eigenvalue weighted by molar-refractivity contribution is -0.123. The molecule has 2 N–H and O–H groups in total. The summed E-state index contributed by atoms with van der Waals surface area (Å²) >= 11 is 0. The van der Waals surface area contributed by atoms with Crippen LogP contribution in [0.1, 0.15) is 18.1 Å². The van der Waals surface area contributed by atoms with Gasteiger partial charge in [0.2, 0.25) is 0 Å². The maximum atomic E-state index is 12.0. The smallest absolute Gasteiger partial charge is 0.277 e. The fourth-order valence-electron chi connectivity index (χ4n) is 2.67. The molecule has 0 atom stereocenters. The molecule has 0 saturated heterocycles. The number of hydrogen-bond donors (Lipinski definition) is 2. The van der Waals surface area contributed by atoms with E-state index < -0.39 is 11.8 Å². The minimum absolute atomic E-state index is 0.191. The third kappa shape index (κ3) is 9.22. The van der Waals surface area contributed by atoms with Crippen LogP contribution in [0.2, 0.25) is 0 Å². The van der Waals surface area contributed by atoms with Gasteiger partial charge in [-0.05, 0) is 43.0 Å². The Balaban J connectivity index is 1.74. The summed E-state index contributed by atoms with van der Waals surface area (Å²) in [7, 11) is 0. The summed E-state index contributed by atoms with van der Waals surface area (Å²) < 4.78 is 11.1. The van der Waals surface area contributed by atoms with Crippen molar-refractivity contribution in [3.63, 3.8) is 0 Å². The molecule has 0 aliphatic carbocycles. The van der Waals surface area contributed by atoms with E-state index in [1.807, 2.05) is 36.4 Å². The molecular weight excluding hydrogens is 420 g/mol. The maximum Gasteiger partial charge on any atom is 0.277 e. The van der Waals surface area contributed by atoms with Gasteiger partial charge in [-0.3, -0.25) is 9.59 Å². The average molecular weight is 449 g/mol. The zero-order valence-electron chi connectivity index (χ0n) is 18.6. The number of hydrazone groups is 2. The van der Waals surface area contributed by atoms with Crippen LogP contribution in [0.5, 0.6) is 11.5 Å². The summed E-state index contributed by atoms with van der Waals surface area (Å²) in [6.45, 7) is 8.66. The first-order chi connectivity index (χ1) is 16.0. The second-order valence-electron chi connectivity index (χ2n) is 6.86. The summed E-state index contributed by atoms with van der Waals surface area (Å²) in [4.78, 5) is 23.9. The summed E-state index contributed by atoms with van der Waals surface area (Å²) in [5, 5.41) is 7.70. The minimum atomic E-state index is -0.428. The van der Waals surface area contributed by atoms with Crippen molar-refractivity contribution in [1.82, 2.24) is 10.9 Å². The van der Waals surface area contributed by atoms with Gasteiger partial charge >= 0.3 is 0 Å². The second-order valence-corrected chi connectivity index (χ2v) is 6.86. The van der Waals surface area contributed by atoms with Gasteiger partial charge < -0.3 is 9.47 Å². The van der Waals surface area contributed by atoms with Gasteiger partial charge in [0.15, 0.2) is 13.2 Å². The van der Waals surface area contributed by atoms with E-state index in [-0.39, 0.29) is 13.2 Å². The summed E-state index contributed by atoms with van der Waals surface area (Å²) in [5.74, 6) is 0.382. The molecule has 2 amide bonds. The molecule has 0 fully saturated rings. The second kappa shape index (κ2) is 14.0. The van der Waals surface area contributed by atoms with Crippen LogP contribution in [-0.2, 0) is 22.4 Å². The number of carbonyl (C=O) groups is 2. The van der Waals surface area contributed by atoms with E-state index in [0.717, 1.165) is 11.1 Å². The molecule has 0 unspecified atom stereocenters. The van der Waals surface area contributed by atoms with Gasteiger partial charge in [-0.25, -0.2) is 10.9 Å². The molecule has 0 aliphatic rings. The predicted octanol–water partition coefficient (Wildman–Crippen LogP) is 3.20. The molecule has 8 heteroatoms. The van der Waals surface area contributed by atoms with Gasteiger partial charge in [0.25, 0.3) is 11.8 Å². The van der Waals surface area contributed by atoms with Gasteiger partial charge in [-0.2, -0.15) is 10.2 Å². The molecule has 2 rings (SSSR count). The third-order valence-corrected chi connectivity index (χ3v) is 4.19. The quantitative estimate of drug-likeness (QED) is 0.279. The van der Waals surface area contributed by atoms with Crippen LogP contribution in [0.3, 0.4) is 0 Å². The topological polar surface area (TPSA) is 101 Å². The van der Waals surface area contributed by atoms with E-state index in [0.29, 0.717) is 30.1 Å². The molecule has 0 radical (unpaired) electrons. The molecule has 0 saturated carbocycles. The Morgan fingerprint density at radius 3 is 1.85 bits per heavy atom. The largest absolute Gasteiger partial charge is 0.483 e. The average Bonchev–Trinajstić information content (AvgIpc) is 2.82. The van der Waals surface area contributed by atoms with Crippen molar-refractivity contribution in [2.75, 3.05) is 13.2 Å². The van der Waals surface area contributed by atoms with Crippen molar-refractivity contribution in [2.45, 2.75) is 19.8 Å². The standard InChI is InChI=1S/C25H28N4O4/c1-4-10-20-12-6-8-14-22(20)32-17-24(30)28-26-16-19(3)27-29-25(31)18-33-23-15-9-7-13-21(23)11-5-2/h4-9,12-16H,1-2,10-11,17-18H2,3H3,(H,28,30)(H,29,31). The number of nitrogens with zero attached hydrogens (tertiary/aromatic N) is 2. The SMILES string of the molecule is C=CCc1ccccc1OCC(=O)NN=CC(C)=NNC(=O)COc1ccccc1CC=C. The van der Waals surface area contributed by atoms with Crippen molar-refractivity contribution in [2.24, 2.45) is 10.2 Å². The Labute approximate surface area is 193 Å². The Hall–Kier alpha value is -4.20. The molecular formula is C25H28N4O4. The van der Waals surface area contributed by atoms with Gasteiger partial charge in [0.1, 0.15) is 11.5 Å². The molecule has 8 nitrogen and oxygen atoms in total. The van der Waals surface area contributed by atoms with Crippen molar-refractivity contribution in [3.05, 3.63) is 85.0 Å². The fourth-order valence-corrected chi connectivity index (χ4v) is 2.67. The highest BCUT2D eigenvalue weighted by molar-refractivity contribution is 6.29. The number of ether oxygens (including phenoxy) is 2. The van der Waals surface area contributed by atoms with E-state index in [9.17, 15) is 9.59 Å². The highest BCUT2D eigenvalue weighted by Gasteiger charge is 2.06. The monoisotopic (exact) mass is 448 g/mol. The van der Waals surface area contributed by atoms with E-state index in [2.05, 4.69) is 34.2 Å². The van der Waals surface area contributed by atoms with Crippen molar-refractivity contribution in [1.29, 1.82) is 0 Å². The van der Waals surface area contributed by atoms with Gasteiger partial charge in [0, 0.05) is 0 Å². The van der Waals surface area contributed by atoms with Crippen LogP contribution in [0, 0.1) is 0 Å². The normalized spacial score (nSPS) is 11.0. The van der Waals surface area contributed by atoms with Crippen LogP contribution in [0.4, 0.5) is 0 Å². The first-order valence-corrected chi connectivity index (χ1v) is 10.3. The van der Waals surface area contributed by atoms with E-state index in [1.165, 1.54) is 6.21 Å². The van der Waals surface area contributed by atoms with Gasteiger partial charge in [-0.15, -0.1) is 13.2 Å². The van der Waals surface area contributed by atoms with E-state index in [1.54, 1.807) is 31.2 Å². The Kier molecular flexibility index (Phi) is 10.6. The number of carbonyl (C=O) groups excluding carboxylic acids is 2. The maximum absolute atomic E-state index is 12.0. The van der Waals surface area contributed by atoms with Crippen molar-refractivity contribution >= 4 is 23.7 Å². The molecule has 2 aromatic rings. The molecule has 2 aromatic carbocycles. The van der Waals surface area contributed by atoms with Crippen LogP contribution >= 0.6 is 0 Å². The van der Waals surface area contributed by atoms with Crippen LogP contribution < -0.4 is 20.3 Å². The first-order valence-electron chi connectivity index (χ1n) is 10.3. The number of rotatable bonds is 13. The molecule has 172 valence electrons. The van der Waals surface area contributed by atoms with Crippen LogP contribution in [0.25, 0.3) is 0 Å². The van der Waals surface area contributed by atoms with E-state index in [4.69, 9.17) is 9.47 Å². The van der Waals surface area contributed by atoms with Crippen molar-refractivity contribution < 1.29 is 19.1 Å². The van der Waals surface area contributed by atoms with Gasteiger partial charge in [0.05, 0.1) is 11.9 Å². The Morgan fingerprint density at radius 1 is 0.848 bits per heavy atom. The molecule has 0 aromatic heterocycles. The number of benzene rings is 2. The number of nitrogens with one attached hydrogen (secondary N) is 2. The van der Waals surface area contributed by atoms with Crippen LogP contribution in [-0.4, -0.2) is 37.0 Å². The Morgan fingerprint density at radius 2 is 1.33 bits per heavy atom. The molecule has 0 bridgehead atoms. The first kappa shape index (κ1) is 25.1. The van der Waals surface area contributed by atoms with Gasteiger partial charge in [-0.1, -0.05) is 48.6 Å². The highest BCUT2D eigenvalue weighted by Crippen LogP contribution is 2.19. The summed E-state index contributed by atoms with van der Waals surface area (Å²) in [6.07, 6.45) is 6.13. The zero-order valence-corrected chi connectivity index (χ0v) is 18.6. The molecule has 0 heterocycles. The minimum Gasteiger partial charge on any atom is -0.483 e. The molecule has 0 aliphatic heterocycles. The number of para-hydroxylation sites is 2. The Bertz CT molecular complexity index is 1030. The van der Waals surface area contributed by atoms with E-state index >= 15 is 0 Å².